The summed E-state index contributed by atoms with van der Waals surface area (Å²) < 4.78 is 40.2. The summed E-state index contributed by atoms with van der Waals surface area (Å²) in [5.74, 6) is -2.41. The maximum atomic E-state index is 13.6. The van der Waals surface area contributed by atoms with E-state index in [0.29, 0.717) is 31.6 Å². The van der Waals surface area contributed by atoms with E-state index in [4.69, 9.17) is 0 Å². The van der Waals surface area contributed by atoms with Crippen LogP contribution in [0, 0.1) is 23.4 Å². The van der Waals surface area contributed by atoms with E-state index in [-0.39, 0.29) is 42.0 Å². The molecule has 2 aliphatic rings. The monoisotopic (exact) mass is 396 g/mol. The molecule has 3 nitrogen and oxygen atoms in total. The number of benzene rings is 2. The molecule has 1 aliphatic carbocycles. The number of halogens is 4. The van der Waals surface area contributed by atoms with Crippen molar-refractivity contribution < 1.29 is 18.0 Å². The number of carbonyl (C=O) groups is 1. The average molecular weight is 397 g/mol. The van der Waals surface area contributed by atoms with Gasteiger partial charge in [0.05, 0.1) is 6.04 Å². The van der Waals surface area contributed by atoms with E-state index in [2.05, 4.69) is 5.32 Å². The molecule has 2 aromatic rings. The Kier molecular flexibility index (Phi) is 5.77. The van der Waals surface area contributed by atoms with Gasteiger partial charge in [0, 0.05) is 25.6 Å². The van der Waals surface area contributed by atoms with Gasteiger partial charge in [0.25, 0.3) is 0 Å². The molecule has 0 radical (unpaired) electrons. The second-order valence-corrected chi connectivity index (χ2v) is 6.93. The normalized spacial score (nSPS) is 24.3. The van der Waals surface area contributed by atoms with Gasteiger partial charge in [-0.25, -0.2) is 13.2 Å². The lowest BCUT2D eigenvalue weighted by molar-refractivity contribution is -0.136. The summed E-state index contributed by atoms with van der Waals surface area (Å²) in [5.41, 5.74) is 1.41. The molecule has 1 N–H and O–H groups in total. The Morgan fingerprint density at radius 1 is 1.04 bits per heavy atom. The van der Waals surface area contributed by atoms with Gasteiger partial charge in [-0.2, -0.15) is 0 Å². The van der Waals surface area contributed by atoms with Crippen LogP contribution >= 0.6 is 12.4 Å². The highest BCUT2D eigenvalue weighted by atomic mass is 35.5. The van der Waals surface area contributed by atoms with Crippen LogP contribution in [0.4, 0.5) is 13.2 Å². The molecule has 144 valence electrons. The number of carbonyl (C=O) groups excluding carboxylic acids is 1. The van der Waals surface area contributed by atoms with Crippen molar-refractivity contribution in [1.29, 1.82) is 0 Å². The highest BCUT2D eigenvalue weighted by molar-refractivity contribution is 5.85. The molecule has 2 fully saturated rings. The van der Waals surface area contributed by atoms with Crippen molar-refractivity contribution in [3.05, 3.63) is 71.0 Å². The van der Waals surface area contributed by atoms with Gasteiger partial charge in [0.15, 0.2) is 11.6 Å². The van der Waals surface area contributed by atoms with Crippen molar-refractivity contribution in [2.45, 2.75) is 18.4 Å². The first kappa shape index (κ1) is 19.7. The third-order valence-corrected chi connectivity index (χ3v) is 5.24. The SMILES string of the molecule is Cl.O=C(C1CC1c1ccc(F)c(F)c1)N1CCNCC1c1cccc(F)c1. The number of nitrogens with one attached hydrogen (secondary N) is 1. The third kappa shape index (κ3) is 3.96. The van der Waals surface area contributed by atoms with Crippen molar-refractivity contribution in [2.75, 3.05) is 19.6 Å². The highest BCUT2D eigenvalue weighted by Gasteiger charge is 2.47. The van der Waals surface area contributed by atoms with Crippen LogP contribution in [0.5, 0.6) is 0 Å². The Bertz CT molecular complexity index is 848. The van der Waals surface area contributed by atoms with Crippen LogP contribution in [0.3, 0.4) is 0 Å². The fourth-order valence-corrected chi connectivity index (χ4v) is 3.77. The number of rotatable bonds is 3. The van der Waals surface area contributed by atoms with Crippen LogP contribution in [-0.4, -0.2) is 30.4 Å². The van der Waals surface area contributed by atoms with Crippen molar-refractivity contribution in [3.8, 4) is 0 Å². The summed E-state index contributed by atoms with van der Waals surface area (Å²) in [6.07, 6.45) is 0.629. The lowest BCUT2D eigenvalue weighted by Gasteiger charge is -2.37. The van der Waals surface area contributed by atoms with Gasteiger partial charge in [-0.3, -0.25) is 4.79 Å². The van der Waals surface area contributed by atoms with Crippen LogP contribution in [0.1, 0.15) is 29.5 Å². The summed E-state index contributed by atoms with van der Waals surface area (Å²) in [5, 5.41) is 3.25. The van der Waals surface area contributed by atoms with E-state index in [1.807, 2.05) is 6.07 Å². The quantitative estimate of drug-likeness (QED) is 0.855. The minimum atomic E-state index is -0.889. The van der Waals surface area contributed by atoms with Crippen LogP contribution in [0.25, 0.3) is 0 Å². The van der Waals surface area contributed by atoms with E-state index in [0.717, 1.165) is 11.6 Å². The largest absolute Gasteiger partial charge is 0.333 e. The molecular weight excluding hydrogens is 377 g/mol. The van der Waals surface area contributed by atoms with Gasteiger partial charge in [-0.05, 0) is 47.7 Å². The molecule has 0 spiro atoms. The van der Waals surface area contributed by atoms with Gasteiger partial charge in [0.1, 0.15) is 5.82 Å². The van der Waals surface area contributed by atoms with E-state index >= 15 is 0 Å². The predicted molar refractivity (Wildman–Crippen MR) is 98.2 cm³/mol. The lowest BCUT2D eigenvalue weighted by Crippen LogP contribution is -2.49. The van der Waals surface area contributed by atoms with Gasteiger partial charge in [-0.15, -0.1) is 12.4 Å². The summed E-state index contributed by atoms with van der Waals surface area (Å²) in [6, 6.07) is 9.89. The Labute approximate surface area is 162 Å². The van der Waals surface area contributed by atoms with Crippen molar-refractivity contribution in [3.63, 3.8) is 0 Å². The van der Waals surface area contributed by atoms with E-state index in [9.17, 15) is 18.0 Å². The molecule has 0 bridgehead atoms. The first-order chi connectivity index (χ1) is 12.5. The molecule has 3 unspecified atom stereocenters. The van der Waals surface area contributed by atoms with E-state index < -0.39 is 11.6 Å². The molecule has 1 saturated heterocycles. The maximum absolute atomic E-state index is 13.6. The minimum Gasteiger partial charge on any atom is -0.333 e. The lowest BCUT2D eigenvalue weighted by atomic mass is 10.0. The first-order valence-corrected chi connectivity index (χ1v) is 8.76. The van der Waals surface area contributed by atoms with Crippen molar-refractivity contribution >= 4 is 18.3 Å². The van der Waals surface area contributed by atoms with Gasteiger partial charge in [0.2, 0.25) is 5.91 Å². The number of hydrogen-bond donors (Lipinski definition) is 1. The number of hydrogen-bond acceptors (Lipinski definition) is 2. The Hall–Kier alpha value is -2.05. The fourth-order valence-electron chi connectivity index (χ4n) is 3.77. The fraction of sp³-hybridized carbons (Fsp3) is 0.350. The van der Waals surface area contributed by atoms with Crippen LogP contribution in [0.2, 0.25) is 0 Å². The van der Waals surface area contributed by atoms with Crippen molar-refractivity contribution in [2.24, 2.45) is 5.92 Å². The molecule has 1 heterocycles. The zero-order valence-corrected chi connectivity index (χ0v) is 15.3. The Morgan fingerprint density at radius 2 is 1.85 bits per heavy atom. The van der Waals surface area contributed by atoms with Crippen LogP contribution < -0.4 is 5.32 Å². The van der Waals surface area contributed by atoms with Gasteiger partial charge < -0.3 is 10.2 Å². The summed E-state index contributed by atoms with van der Waals surface area (Å²) in [4.78, 5) is 14.8. The zero-order valence-electron chi connectivity index (χ0n) is 14.5. The smallest absolute Gasteiger partial charge is 0.226 e. The molecular formula is C20H20ClF3N2O. The third-order valence-electron chi connectivity index (χ3n) is 5.24. The second kappa shape index (κ2) is 7.90. The number of piperazine rings is 1. The second-order valence-electron chi connectivity index (χ2n) is 6.93. The molecule has 7 heteroatoms. The molecule has 27 heavy (non-hydrogen) atoms. The van der Waals surface area contributed by atoms with Gasteiger partial charge >= 0.3 is 0 Å². The Balaban J connectivity index is 0.00000210. The topological polar surface area (TPSA) is 32.3 Å². The first-order valence-electron chi connectivity index (χ1n) is 8.76. The molecule has 3 atom stereocenters. The van der Waals surface area contributed by atoms with Crippen LogP contribution in [0.15, 0.2) is 42.5 Å². The molecule has 1 amide bonds. The Morgan fingerprint density at radius 3 is 2.59 bits per heavy atom. The number of nitrogens with zero attached hydrogens (tertiary/aromatic N) is 1. The zero-order chi connectivity index (χ0) is 18.3. The predicted octanol–water partition coefficient (Wildman–Crippen LogP) is 3.80. The number of amides is 1. The average Bonchev–Trinajstić information content (AvgIpc) is 3.44. The maximum Gasteiger partial charge on any atom is 0.226 e. The van der Waals surface area contributed by atoms with Crippen molar-refractivity contribution in [1.82, 2.24) is 10.2 Å². The summed E-state index contributed by atoms with van der Waals surface area (Å²) in [7, 11) is 0. The van der Waals surface area contributed by atoms with Crippen LogP contribution in [-0.2, 0) is 4.79 Å². The molecule has 0 aromatic heterocycles. The molecule has 1 saturated carbocycles. The molecule has 4 rings (SSSR count). The van der Waals surface area contributed by atoms with E-state index in [1.165, 1.54) is 24.3 Å². The minimum absolute atomic E-state index is 0. The molecule has 1 aliphatic heterocycles. The summed E-state index contributed by atoms with van der Waals surface area (Å²) in [6.45, 7) is 1.79. The van der Waals surface area contributed by atoms with Gasteiger partial charge in [-0.1, -0.05) is 18.2 Å². The standard InChI is InChI=1S/C20H19F3N2O.ClH/c21-14-3-1-2-13(8-14)19-11-24-6-7-25(19)20(26)16-10-15(16)12-4-5-17(22)18(23)9-12;/h1-5,8-9,15-16,19,24H,6-7,10-11H2;1H. The summed E-state index contributed by atoms with van der Waals surface area (Å²) >= 11 is 0. The van der Waals surface area contributed by atoms with E-state index in [1.54, 1.807) is 11.0 Å². The highest BCUT2D eigenvalue weighted by Crippen LogP contribution is 2.49. The molecule has 2 aromatic carbocycles.